The van der Waals surface area contributed by atoms with E-state index in [1.54, 1.807) is 0 Å². The SMILES string of the molecule is CC1(C)CC(=O)[C@H]2CC(C)(C#N)[C@@H]2C1. The molecule has 0 N–H and O–H groups in total. The molecular weight excluding hydrogens is 174 g/mol. The molecule has 0 radical (unpaired) electrons. The molecule has 0 amide bonds. The van der Waals surface area contributed by atoms with Crippen molar-refractivity contribution in [3.63, 3.8) is 0 Å². The van der Waals surface area contributed by atoms with Gasteiger partial charge < -0.3 is 0 Å². The maximum absolute atomic E-state index is 11.8. The van der Waals surface area contributed by atoms with Crippen molar-refractivity contribution in [3.05, 3.63) is 0 Å². The fourth-order valence-electron chi connectivity index (χ4n) is 3.14. The van der Waals surface area contributed by atoms with E-state index in [0.29, 0.717) is 18.1 Å². The number of Topliss-reactive ketones (excluding diaryl/α,β-unsaturated/α-hetero) is 1. The Hall–Kier alpha value is -0.840. The van der Waals surface area contributed by atoms with Gasteiger partial charge in [0.2, 0.25) is 0 Å². The molecule has 0 aromatic carbocycles. The molecule has 2 nitrogen and oxygen atoms in total. The Morgan fingerprint density at radius 2 is 2.00 bits per heavy atom. The smallest absolute Gasteiger partial charge is 0.136 e. The number of carbonyl (C=O) groups excluding carboxylic acids is 1. The summed E-state index contributed by atoms with van der Waals surface area (Å²) in [6.07, 6.45) is 2.53. The number of carbonyl (C=O) groups is 1. The Bertz CT molecular complexity index is 326. The highest BCUT2D eigenvalue weighted by atomic mass is 16.1. The number of ketones is 1. The molecule has 0 spiro atoms. The molecule has 1 unspecified atom stereocenters. The molecule has 76 valence electrons. The molecule has 2 saturated carbocycles. The second-order valence-corrected chi connectivity index (χ2v) is 5.96. The molecule has 0 aromatic heterocycles. The van der Waals surface area contributed by atoms with Crippen molar-refractivity contribution in [2.45, 2.75) is 40.0 Å². The molecule has 0 saturated heterocycles. The van der Waals surface area contributed by atoms with Crippen LogP contribution in [0.4, 0.5) is 0 Å². The number of hydrogen-bond donors (Lipinski definition) is 0. The van der Waals surface area contributed by atoms with E-state index in [1.807, 2.05) is 6.92 Å². The second-order valence-electron chi connectivity index (χ2n) is 5.96. The van der Waals surface area contributed by atoms with E-state index in [1.165, 1.54) is 0 Å². The van der Waals surface area contributed by atoms with Crippen LogP contribution in [-0.4, -0.2) is 5.78 Å². The first-order valence-electron chi connectivity index (χ1n) is 5.32. The minimum atomic E-state index is -0.224. The van der Waals surface area contributed by atoms with Crippen LogP contribution in [0.15, 0.2) is 0 Å². The van der Waals surface area contributed by atoms with Crippen LogP contribution in [0.5, 0.6) is 0 Å². The molecular formula is C12H17NO. The van der Waals surface area contributed by atoms with Crippen LogP contribution in [0.1, 0.15) is 40.0 Å². The van der Waals surface area contributed by atoms with Gasteiger partial charge in [-0.15, -0.1) is 0 Å². The molecule has 2 rings (SSSR count). The average Bonchev–Trinajstić information content (AvgIpc) is 2.07. The summed E-state index contributed by atoms with van der Waals surface area (Å²) in [5, 5.41) is 9.08. The summed E-state index contributed by atoms with van der Waals surface area (Å²) in [5.41, 5.74) is -0.116. The monoisotopic (exact) mass is 191 g/mol. The van der Waals surface area contributed by atoms with Gasteiger partial charge in [-0.25, -0.2) is 0 Å². The predicted octanol–water partition coefficient (Wildman–Crippen LogP) is 2.54. The van der Waals surface area contributed by atoms with Crippen LogP contribution in [0.25, 0.3) is 0 Å². The van der Waals surface area contributed by atoms with E-state index in [2.05, 4.69) is 19.9 Å². The van der Waals surface area contributed by atoms with Crippen molar-refractivity contribution in [2.75, 3.05) is 0 Å². The molecule has 3 atom stereocenters. The fourth-order valence-corrected chi connectivity index (χ4v) is 3.14. The zero-order valence-corrected chi connectivity index (χ0v) is 9.13. The first-order valence-corrected chi connectivity index (χ1v) is 5.32. The van der Waals surface area contributed by atoms with Gasteiger partial charge in [0, 0.05) is 12.3 Å². The molecule has 0 bridgehead atoms. The first-order chi connectivity index (χ1) is 6.38. The van der Waals surface area contributed by atoms with Gasteiger partial charge in [-0.1, -0.05) is 13.8 Å². The predicted molar refractivity (Wildman–Crippen MR) is 53.3 cm³/mol. The van der Waals surface area contributed by atoms with E-state index in [-0.39, 0.29) is 16.7 Å². The third-order valence-corrected chi connectivity index (χ3v) is 4.04. The van der Waals surface area contributed by atoms with Crippen LogP contribution in [0, 0.1) is 34.0 Å². The second kappa shape index (κ2) is 2.59. The van der Waals surface area contributed by atoms with Crippen LogP contribution in [-0.2, 0) is 4.79 Å². The number of fused-ring (bicyclic) bond motifs is 1. The zero-order chi connectivity index (χ0) is 10.6. The lowest BCUT2D eigenvalue weighted by Gasteiger charge is -2.54. The van der Waals surface area contributed by atoms with Crippen molar-refractivity contribution in [3.8, 4) is 6.07 Å². The van der Waals surface area contributed by atoms with Gasteiger partial charge in [-0.05, 0) is 31.1 Å². The van der Waals surface area contributed by atoms with Crippen LogP contribution in [0.3, 0.4) is 0 Å². The summed E-state index contributed by atoms with van der Waals surface area (Å²) < 4.78 is 0. The van der Waals surface area contributed by atoms with E-state index in [4.69, 9.17) is 5.26 Å². The third kappa shape index (κ3) is 1.19. The minimum Gasteiger partial charge on any atom is -0.299 e. The van der Waals surface area contributed by atoms with Gasteiger partial charge in [0.15, 0.2) is 0 Å². The Labute approximate surface area is 85.3 Å². The average molecular weight is 191 g/mol. The van der Waals surface area contributed by atoms with E-state index >= 15 is 0 Å². The van der Waals surface area contributed by atoms with E-state index in [0.717, 1.165) is 12.8 Å². The Morgan fingerprint density at radius 1 is 1.36 bits per heavy atom. The van der Waals surface area contributed by atoms with Crippen molar-refractivity contribution in [1.82, 2.24) is 0 Å². The Morgan fingerprint density at radius 3 is 2.57 bits per heavy atom. The number of hydrogen-bond acceptors (Lipinski definition) is 2. The van der Waals surface area contributed by atoms with Gasteiger partial charge in [0.25, 0.3) is 0 Å². The van der Waals surface area contributed by atoms with Gasteiger partial charge in [0.05, 0.1) is 11.5 Å². The van der Waals surface area contributed by atoms with E-state index in [9.17, 15) is 4.79 Å². The van der Waals surface area contributed by atoms with Gasteiger partial charge in [-0.3, -0.25) is 4.79 Å². The highest BCUT2D eigenvalue weighted by Crippen LogP contribution is 2.59. The van der Waals surface area contributed by atoms with E-state index < -0.39 is 0 Å². The summed E-state index contributed by atoms with van der Waals surface area (Å²) in [4.78, 5) is 11.8. The van der Waals surface area contributed by atoms with Crippen molar-refractivity contribution in [2.24, 2.45) is 22.7 Å². The molecule has 2 aliphatic rings. The Balaban J connectivity index is 2.22. The number of nitriles is 1. The lowest BCUT2D eigenvalue weighted by molar-refractivity contribution is -0.145. The first kappa shape index (κ1) is 9.71. The fraction of sp³-hybridized carbons (Fsp3) is 0.833. The van der Waals surface area contributed by atoms with Crippen LogP contribution >= 0.6 is 0 Å². The van der Waals surface area contributed by atoms with Crippen LogP contribution in [0.2, 0.25) is 0 Å². The normalized spacial score (nSPS) is 44.9. The molecule has 0 aliphatic heterocycles. The van der Waals surface area contributed by atoms with Crippen molar-refractivity contribution >= 4 is 5.78 Å². The highest BCUT2D eigenvalue weighted by molar-refractivity contribution is 5.84. The largest absolute Gasteiger partial charge is 0.299 e. The lowest BCUT2D eigenvalue weighted by atomic mass is 9.47. The summed E-state index contributed by atoms with van der Waals surface area (Å²) in [7, 11) is 0. The number of nitrogens with zero attached hydrogens (tertiary/aromatic N) is 1. The quantitative estimate of drug-likeness (QED) is 0.590. The molecule has 2 heteroatoms. The Kier molecular flexibility index (Phi) is 1.80. The van der Waals surface area contributed by atoms with Crippen molar-refractivity contribution < 1.29 is 4.79 Å². The summed E-state index contributed by atoms with van der Waals surface area (Å²) in [6.45, 7) is 6.28. The molecule has 14 heavy (non-hydrogen) atoms. The lowest BCUT2D eigenvalue weighted by Crippen LogP contribution is -2.54. The highest BCUT2D eigenvalue weighted by Gasteiger charge is 2.57. The minimum absolute atomic E-state index is 0.108. The maximum Gasteiger partial charge on any atom is 0.136 e. The maximum atomic E-state index is 11.8. The topological polar surface area (TPSA) is 40.9 Å². The molecule has 0 aromatic rings. The third-order valence-electron chi connectivity index (χ3n) is 4.04. The van der Waals surface area contributed by atoms with Gasteiger partial charge >= 0.3 is 0 Å². The van der Waals surface area contributed by atoms with Gasteiger partial charge in [-0.2, -0.15) is 5.26 Å². The molecule has 0 heterocycles. The van der Waals surface area contributed by atoms with Gasteiger partial charge in [0.1, 0.15) is 5.78 Å². The zero-order valence-electron chi connectivity index (χ0n) is 9.13. The van der Waals surface area contributed by atoms with Crippen molar-refractivity contribution in [1.29, 1.82) is 5.26 Å². The standard InChI is InChI=1S/C12H17NO/c1-11(2)5-9-8(10(14)6-11)4-12(9,3)7-13/h8-9H,4-6H2,1-3H3/t8-,9+,12?/m0/s1. The summed E-state index contributed by atoms with van der Waals surface area (Å²) in [6, 6.07) is 2.38. The summed E-state index contributed by atoms with van der Waals surface area (Å²) >= 11 is 0. The molecule has 2 fully saturated rings. The molecule has 2 aliphatic carbocycles. The number of rotatable bonds is 0. The summed E-state index contributed by atoms with van der Waals surface area (Å²) in [5.74, 6) is 0.912. The van der Waals surface area contributed by atoms with Crippen LogP contribution < -0.4 is 0 Å².